The molecule has 1 unspecified atom stereocenters. The zero-order valence-electron chi connectivity index (χ0n) is 12.5. The molecule has 2 aromatic rings. The van der Waals surface area contributed by atoms with Gasteiger partial charge in [-0.2, -0.15) is 0 Å². The van der Waals surface area contributed by atoms with E-state index in [0.29, 0.717) is 0 Å². The summed E-state index contributed by atoms with van der Waals surface area (Å²) in [5.74, 6) is 0.991. The standard InChI is InChI=1S/C17H23NO/c1-6-18-17(15-7-8-19-14(15)5)16-12(3)9-11(2)10-13(16)4/h7-10,17-18H,6H2,1-5H3. The summed E-state index contributed by atoms with van der Waals surface area (Å²) in [6.45, 7) is 11.6. The molecule has 2 heteroatoms. The average molecular weight is 257 g/mol. The second kappa shape index (κ2) is 5.62. The van der Waals surface area contributed by atoms with E-state index < -0.39 is 0 Å². The van der Waals surface area contributed by atoms with Crippen LogP contribution in [0.15, 0.2) is 28.9 Å². The van der Waals surface area contributed by atoms with E-state index in [0.717, 1.165) is 12.3 Å². The van der Waals surface area contributed by atoms with Crippen molar-refractivity contribution in [3.63, 3.8) is 0 Å². The van der Waals surface area contributed by atoms with Gasteiger partial charge in [-0.25, -0.2) is 0 Å². The number of hydrogen-bond donors (Lipinski definition) is 1. The molecule has 102 valence electrons. The Bertz CT molecular complexity index is 545. The Labute approximate surface area is 115 Å². The first-order valence-corrected chi connectivity index (χ1v) is 6.89. The molecule has 0 aliphatic carbocycles. The summed E-state index contributed by atoms with van der Waals surface area (Å²) in [7, 11) is 0. The van der Waals surface area contributed by atoms with Gasteiger partial charge >= 0.3 is 0 Å². The van der Waals surface area contributed by atoms with Gasteiger partial charge < -0.3 is 9.73 Å². The summed E-state index contributed by atoms with van der Waals surface area (Å²) >= 11 is 0. The second-order valence-corrected chi connectivity index (χ2v) is 5.24. The van der Waals surface area contributed by atoms with E-state index in [-0.39, 0.29) is 6.04 Å². The van der Waals surface area contributed by atoms with Gasteiger partial charge in [0.1, 0.15) is 5.76 Å². The van der Waals surface area contributed by atoms with Gasteiger partial charge in [0.05, 0.1) is 12.3 Å². The van der Waals surface area contributed by atoms with Crippen LogP contribution in [0.4, 0.5) is 0 Å². The lowest BCUT2D eigenvalue weighted by Gasteiger charge is -2.23. The Morgan fingerprint density at radius 3 is 2.21 bits per heavy atom. The maximum Gasteiger partial charge on any atom is 0.105 e. The van der Waals surface area contributed by atoms with Crippen LogP contribution in [0.3, 0.4) is 0 Å². The molecule has 1 heterocycles. The fraction of sp³-hybridized carbons (Fsp3) is 0.412. The van der Waals surface area contributed by atoms with Crippen LogP contribution in [0, 0.1) is 27.7 Å². The maximum absolute atomic E-state index is 5.48. The summed E-state index contributed by atoms with van der Waals surface area (Å²) in [4.78, 5) is 0. The van der Waals surface area contributed by atoms with Crippen LogP contribution in [-0.2, 0) is 0 Å². The Hall–Kier alpha value is -1.54. The van der Waals surface area contributed by atoms with E-state index >= 15 is 0 Å². The molecular weight excluding hydrogens is 234 g/mol. The first-order valence-electron chi connectivity index (χ1n) is 6.89. The van der Waals surface area contributed by atoms with E-state index in [9.17, 15) is 0 Å². The number of nitrogens with one attached hydrogen (secondary N) is 1. The van der Waals surface area contributed by atoms with Crippen molar-refractivity contribution in [2.45, 2.75) is 40.7 Å². The molecule has 1 N–H and O–H groups in total. The summed E-state index contributed by atoms with van der Waals surface area (Å²) in [5, 5.41) is 3.58. The Morgan fingerprint density at radius 2 is 1.74 bits per heavy atom. The normalized spacial score (nSPS) is 12.7. The minimum Gasteiger partial charge on any atom is -0.469 e. The largest absolute Gasteiger partial charge is 0.469 e. The van der Waals surface area contributed by atoms with Crippen molar-refractivity contribution in [3.05, 3.63) is 58.0 Å². The molecule has 0 amide bonds. The highest BCUT2D eigenvalue weighted by Crippen LogP contribution is 2.31. The predicted octanol–water partition coefficient (Wildman–Crippen LogP) is 4.21. The predicted molar refractivity (Wildman–Crippen MR) is 79.6 cm³/mol. The molecule has 0 bridgehead atoms. The quantitative estimate of drug-likeness (QED) is 0.887. The van der Waals surface area contributed by atoms with E-state index in [2.05, 4.69) is 51.2 Å². The van der Waals surface area contributed by atoms with E-state index in [4.69, 9.17) is 4.42 Å². The Morgan fingerprint density at radius 1 is 1.11 bits per heavy atom. The Kier molecular flexibility index (Phi) is 4.11. The summed E-state index contributed by atoms with van der Waals surface area (Å²) in [6.07, 6.45) is 1.77. The van der Waals surface area contributed by atoms with Crippen LogP contribution < -0.4 is 5.32 Å². The number of hydrogen-bond acceptors (Lipinski definition) is 2. The maximum atomic E-state index is 5.48. The first-order chi connectivity index (χ1) is 9.04. The molecule has 0 saturated carbocycles. The molecular formula is C17H23NO. The smallest absolute Gasteiger partial charge is 0.105 e. The van der Waals surface area contributed by atoms with Crippen LogP contribution in [-0.4, -0.2) is 6.54 Å². The second-order valence-electron chi connectivity index (χ2n) is 5.24. The fourth-order valence-electron chi connectivity index (χ4n) is 2.91. The van der Waals surface area contributed by atoms with Gasteiger partial charge in [-0.15, -0.1) is 0 Å². The number of benzene rings is 1. The number of rotatable bonds is 4. The molecule has 0 radical (unpaired) electrons. The molecule has 1 aromatic heterocycles. The molecule has 1 aromatic carbocycles. The summed E-state index contributed by atoms with van der Waals surface area (Å²) < 4.78 is 5.48. The third-order valence-corrected chi connectivity index (χ3v) is 3.64. The number of aryl methyl sites for hydroxylation is 4. The van der Waals surface area contributed by atoms with Crippen LogP contribution in [0.2, 0.25) is 0 Å². The molecule has 0 spiro atoms. The highest BCUT2D eigenvalue weighted by Gasteiger charge is 2.20. The topological polar surface area (TPSA) is 25.2 Å². The molecule has 0 saturated heterocycles. The van der Waals surface area contributed by atoms with Crippen molar-refractivity contribution in [2.24, 2.45) is 0 Å². The van der Waals surface area contributed by atoms with Crippen LogP contribution in [0.5, 0.6) is 0 Å². The van der Waals surface area contributed by atoms with Gasteiger partial charge in [0.15, 0.2) is 0 Å². The van der Waals surface area contributed by atoms with Crippen molar-refractivity contribution in [1.82, 2.24) is 5.32 Å². The number of furan rings is 1. The van der Waals surface area contributed by atoms with Gasteiger partial charge in [0, 0.05) is 5.56 Å². The molecule has 2 nitrogen and oxygen atoms in total. The zero-order valence-corrected chi connectivity index (χ0v) is 12.5. The van der Waals surface area contributed by atoms with E-state index in [1.165, 1.54) is 27.8 Å². The SMILES string of the molecule is CCNC(c1ccoc1C)c1c(C)cc(C)cc1C. The lowest BCUT2D eigenvalue weighted by molar-refractivity contribution is 0.519. The molecule has 0 aliphatic rings. The third kappa shape index (κ3) is 2.74. The highest BCUT2D eigenvalue weighted by atomic mass is 16.3. The third-order valence-electron chi connectivity index (χ3n) is 3.64. The summed E-state index contributed by atoms with van der Waals surface area (Å²) in [5.41, 5.74) is 6.60. The molecule has 2 rings (SSSR count). The molecule has 1 atom stereocenters. The van der Waals surface area contributed by atoms with Crippen molar-refractivity contribution >= 4 is 0 Å². The van der Waals surface area contributed by atoms with Crippen molar-refractivity contribution in [1.29, 1.82) is 0 Å². The lowest BCUT2D eigenvalue weighted by atomic mass is 9.90. The van der Waals surface area contributed by atoms with E-state index in [1.54, 1.807) is 6.26 Å². The monoisotopic (exact) mass is 257 g/mol. The van der Waals surface area contributed by atoms with Gasteiger partial charge in [-0.1, -0.05) is 24.6 Å². The van der Waals surface area contributed by atoms with Gasteiger partial charge in [0.25, 0.3) is 0 Å². The van der Waals surface area contributed by atoms with Crippen molar-refractivity contribution in [2.75, 3.05) is 6.54 Å². The van der Waals surface area contributed by atoms with Crippen molar-refractivity contribution < 1.29 is 4.42 Å². The van der Waals surface area contributed by atoms with Crippen LogP contribution in [0.1, 0.15) is 46.5 Å². The zero-order chi connectivity index (χ0) is 14.0. The van der Waals surface area contributed by atoms with E-state index in [1.807, 2.05) is 6.92 Å². The summed E-state index contributed by atoms with van der Waals surface area (Å²) in [6, 6.07) is 6.79. The first kappa shape index (κ1) is 13.9. The minimum absolute atomic E-state index is 0.212. The molecule has 0 aliphatic heterocycles. The van der Waals surface area contributed by atoms with Crippen LogP contribution >= 0.6 is 0 Å². The fourth-order valence-corrected chi connectivity index (χ4v) is 2.91. The molecule has 0 fully saturated rings. The lowest BCUT2D eigenvalue weighted by Crippen LogP contribution is -2.24. The van der Waals surface area contributed by atoms with Crippen molar-refractivity contribution in [3.8, 4) is 0 Å². The Balaban J connectivity index is 2.54. The van der Waals surface area contributed by atoms with Gasteiger partial charge in [0.2, 0.25) is 0 Å². The van der Waals surface area contributed by atoms with Gasteiger partial charge in [-0.3, -0.25) is 0 Å². The minimum atomic E-state index is 0.212. The van der Waals surface area contributed by atoms with Crippen LogP contribution in [0.25, 0.3) is 0 Å². The average Bonchev–Trinajstić information content (AvgIpc) is 2.73. The van der Waals surface area contributed by atoms with Gasteiger partial charge in [-0.05, 0) is 57.0 Å². The molecule has 19 heavy (non-hydrogen) atoms. The highest BCUT2D eigenvalue weighted by molar-refractivity contribution is 5.44.